The summed E-state index contributed by atoms with van der Waals surface area (Å²) in [6, 6.07) is 0. The van der Waals surface area contributed by atoms with Gasteiger partial charge in [0.05, 0.1) is 0 Å². The highest BCUT2D eigenvalue weighted by molar-refractivity contribution is 5.61. The lowest BCUT2D eigenvalue weighted by molar-refractivity contribution is 0.160. The van der Waals surface area contributed by atoms with Gasteiger partial charge in [0.1, 0.15) is 6.61 Å². The molecule has 0 aromatic rings. The largest absolute Gasteiger partial charge is 0.395 e. The zero-order valence-corrected chi connectivity index (χ0v) is 4.29. The van der Waals surface area contributed by atoms with Crippen LogP contribution in [-0.2, 0) is 4.84 Å². The van der Waals surface area contributed by atoms with Crippen LogP contribution in [0.4, 0.5) is 0 Å². The molecule has 0 radical (unpaired) electrons. The maximum atomic E-state index is 4.51. The molecule has 0 saturated heterocycles. The Labute approximate surface area is 42.7 Å². The van der Waals surface area contributed by atoms with Crippen LogP contribution in [0.2, 0.25) is 0 Å². The molecule has 0 saturated carbocycles. The van der Waals surface area contributed by atoms with E-state index in [1.54, 1.807) is 0 Å². The van der Waals surface area contributed by atoms with Crippen molar-refractivity contribution < 1.29 is 4.84 Å². The molecule has 0 N–H and O–H groups in total. The van der Waals surface area contributed by atoms with Gasteiger partial charge in [0, 0.05) is 0 Å². The summed E-state index contributed by atoms with van der Waals surface area (Å²) in [5.74, 6) is 0. The van der Waals surface area contributed by atoms with Crippen LogP contribution in [-0.4, -0.2) is 19.7 Å². The lowest BCUT2D eigenvalue weighted by atomic mass is 10.9. The SMILES string of the molecule is C=N/C=N\OCC. The number of rotatable bonds is 3. The van der Waals surface area contributed by atoms with Gasteiger partial charge in [-0.1, -0.05) is 5.16 Å². The highest BCUT2D eigenvalue weighted by atomic mass is 16.6. The van der Waals surface area contributed by atoms with Gasteiger partial charge < -0.3 is 4.84 Å². The lowest BCUT2D eigenvalue weighted by Gasteiger charge is -1.84. The van der Waals surface area contributed by atoms with Gasteiger partial charge in [-0.2, -0.15) is 0 Å². The highest BCUT2D eigenvalue weighted by Crippen LogP contribution is 1.68. The molecule has 0 aromatic heterocycles. The van der Waals surface area contributed by atoms with Crippen LogP contribution in [0.25, 0.3) is 0 Å². The summed E-state index contributed by atoms with van der Waals surface area (Å²) in [7, 11) is 0. The summed E-state index contributed by atoms with van der Waals surface area (Å²) in [5, 5.41) is 3.35. The molecule has 7 heavy (non-hydrogen) atoms. The van der Waals surface area contributed by atoms with E-state index in [0.717, 1.165) is 0 Å². The van der Waals surface area contributed by atoms with Crippen LogP contribution in [0, 0.1) is 0 Å². The van der Waals surface area contributed by atoms with Crippen LogP contribution in [0.5, 0.6) is 0 Å². The minimum Gasteiger partial charge on any atom is -0.395 e. The highest BCUT2D eigenvalue weighted by Gasteiger charge is 1.63. The third kappa shape index (κ3) is 5.14. The zero-order valence-electron chi connectivity index (χ0n) is 4.29. The summed E-state index contributed by atoms with van der Waals surface area (Å²) in [6.07, 6.45) is 1.25. The van der Waals surface area contributed by atoms with E-state index in [1.807, 2.05) is 6.92 Å². The van der Waals surface area contributed by atoms with Crippen molar-refractivity contribution in [3.8, 4) is 0 Å². The smallest absolute Gasteiger partial charge is 0.154 e. The first-order valence-corrected chi connectivity index (χ1v) is 2.01. The first-order chi connectivity index (χ1) is 3.41. The minimum absolute atomic E-state index is 0.575. The molecule has 0 amide bonds. The summed E-state index contributed by atoms with van der Waals surface area (Å²) in [5.41, 5.74) is 0. The Morgan fingerprint density at radius 1 is 1.86 bits per heavy atom. The normalized spacial score (nSPS) is 9.29. The van der Waals surface area contributed by atoms with Crippen molar-refractivity contribution in [1.82, 2.24) is 0 Å². The predicted octanol–water partition coefficient (Wildman–Crippen LogP) is 0.667. The fourth-order valence-electron chi connectivity index (χ4n) is 0.141. The second-order valence-corrected chi connectivity index (χ2v) is 0.821. The monoisotopic (exact) mass is 100 g/mol. The number of oxime groups is 1. The first-order valence-electron chi connectivity index (χ1n) is 2.01. The van der Waals surface area contributed by atoms with Crippen LogP contribution < -0.4 is 0 Å². The molecule has 0 atom stereocenters. The van der Waals surface area contributed by atoms with E-state index in [9.17, 15) is 0 Å². The van der Waals surface area contributed by atoms with Crippen molar-refractivity contribution in [1.29, 1.82) is 0 Å². The molecule has 0 rings (SSSR count). The van der Waals surface area contributed by atoms with Crippen molar-refractivity contribution in [3.63, 3.8) is 0 Å². The maximum Gasteiger partial charge on any atom is 0.154 e. The molecule has 0 spiro atoms. The molecule has 0 bridgehead atoms. The van der Waals surface area contributed by atoms with Crippen LogP contribution in [0.15, 0.2) is 10.1 Å². The van der Waals surface area contributed by atoms with Crippen LogP contribution in [0.1, 0.15) is 6.92 Å². The number of hydrogen-bond acceptors (Lipinski definition) is 2. The Balaban J connectivity index is 2.92. The molecule has 0 unspecified atom stereocenters. The Morgan fingerprint density at radius 2 is 2.57 bits per heavy atom. The molecular weight excluding hydrogens is 92.1 g/mol. The standard InChI is InChI=1S/C4H8N2O/c1-3-7-6-4-5-2/h4H,2-3H2,1H3/b6-4-. The van der Waals surface area contributed by atoms with Crippen molar-refractivity contribution in [3.05, 3.63) is 0 Å². The summed E-state index contributed by atoms with van der Waals surface area (Å²) >= 11 is 0. The first kappa shape index (κ1) is 6.14. The zero-order chi connectivity index (χ0) is 5.54. The van der Waals surface area contributed by atoms with Gasteiger partial charge in [0.2, 0.25) is 0 Å². The Bertz CT molecular complexity index is 70.1. The Hall–Kier alpha value is -0.860. The minimum atomic E-state index is 0.575. The van der Waals surface area contributed by atoms with E-state index >= 15 is 0 Å². The van der Waals surface area contributed by atoms with E-state index < -0.39 is 0 Å². The molecule has 3 nitrogen and oxygen atoms in total. The Morgan fingerprint density at radius 3 is 3.00 bits per heavy atom. The van der Waals surface area contributed by atoms with E-state index in [2.05, 4.69) is 21.7 Å². The summed E-state index contributed by atoms with van der Waals surface area (Å²) in [4.78, 5) is 7.82. The van der Waals surface area contributed by atoms with E-state index in [4.69, 9.17) is 0 Å². The van der Waals surface area contributed by atoms with Crippen LogP contribution in [0.3, 0.4) is 0 Å². The van der Waals surface area contributed by atoms with Crippen molar-refractivity contribution in [2.75, 3.05) is 6.61 Å². The lowest BCUT2D eigenvalue weighted by Crippen LogP contribution is -1.76. The van der Waals surface area contributed by atoms with Gasteiger partial charge in [-0.05, 0) is 13.6 Å². The van der Waals surface area contributed by atoms with Crippen molar-refractivity contribution in [2.24, 2.45) is 10.1 Å². The third-order valence-corrected chi connectivity index (χ3v) is 0.332. The molecule has 3 heteroatoms. The number of hydrogen-bond donors (Lipinski definition) is 0. The summed E-state index contributed by atoms with van der Waals surface area (Å²) < 4.78 is 0. The van der Waals surface area contributed by atoms with E-state index in [0.29, 0.717) is 6.61 Å². The fraction of sp³-hybridized carbons (Fsp3) is 0.500. The number of nitrogens with zero attached hydrogens (tertiary/aromatic N) is 2. The summed E-state index contributed by atoms with van der Waals surface area (Å²) in [6.45, 7) is 5.58. The van der Waals surface area contributed by atoms with Crippen molar-refractivity contribution in [2.45, 2.75) is 6.92 Å². The van der Waals surface area contributed by atoms with Gasteiger partial charge in [0.25, 0.3) is 0 Å². The molecule has 0 aromatic carbocycles. The van der Waals surface area contributed by atoms with Gasteiger partial charge in [-0.3, -0.25) is 0 Å². The van der Waals surface area contributed by atoms with Gasteiger partial charge in [-0.15, -0.1) is 0 Å². The van der Waals surface area contributed by atoms with E-state index in [-0.39, 0.29) is 0 Å². The molecular formula is C4H8N2O. The maximum absolute atomic E-state index is 4.51. The topological polar surface area (TPSA) is 34.0 Å². The van der Waals surface area contributed by atoms with E-state index in [1.165, 1.54) is 6.34 Å². The van der Waals surface area contributed by atoms with Crippen LogP contribution >= 0.6 is 0 Å². The predicted molar refractivity (Wildman–Crippen MR) is 29.7 cm³/mol. The average molecular weight is 100 g/mol. The molecule has 0 aliphatic carbocycles. The van der Waals surface area contributed by atoms with Gasteiger partial charge in [0.15, 0.2) is 6.34 Å². The quantitative estimate of drug-likeness (QED) is 0.291. The molecule has 40 valence electrons. The third-order valence-electron chi connectivity index (χ3n) is 0.332. The van der Waals surface area contributed by atoms with Gasteiger partial charge >= 0.3 is 0 Å². The molecule has 0 fully saturated rings. The van der Waals surface area contributed by atoms with Gasteiger partial charge in [-0.25, -0.2) is 4.99 Å². The molecule has 0 aliphatic rings. The molecule has 0 heterocycles. The molecule has 0 aliphatic heterocycles. The second kappa shape index (κ2) is 5.14. The Kier molecular flexibility index (Phi) is 4.51. The average Bonchev–Trinajstić information content (AvgIpc) is 1.69. The van der Waals surface area contributed by atoms with Crippen molar-refractivity contribution >= 4 is 13.1 Å². The number of aliphatic imine (C=N–C) groups is 1. The fourth-order valence-corrected chi connectivity index (χ4v) is 0.141. The second-order valence-electron chi connectivity index (χ2n) is 0.821.